The van der Waals surface area contributed by atoms with E-state index in [1.807, 2.05) is 6.92 Å². The van der Waals surface area contributed by atoms with Crippen LogP contribution in [0.3, 0.4) is 0 Å². The summed E-state index contributed by atoms with van der Waals surface area (Å²) in [5, 5.41) is 11.6. The van der Waals surface area contributed by atoms with Gasteiger partial charge in [-0.05, 0) is 18.8 Å². The number of carbonyl (C=O) groups excluding carboxylic acids is 1. The first-order valence-electron chi connectivity index (χ1n) is 7.38. The Kier molecular flexibility index (Phi) is 7.30. The number of aliphatic carboxylic acids is 1. The van der Waals surface area contributed by atoms with Crippen LogP contribution in [0.15, 0.2) is 0 Å². The maximum Gasteiger partial charge on any atom is 0.323 e. The van der Waals surface area contributed by atoms with Crippen LogP contribution in [-0.2, 0) is 4.79 Å². The minimum Gasteiger partial charge on any atom is -0.480 e. The molecule has 1 fully saturated rings. The number of carbonyl (C=O) groups is 2. The van der Waals surface area contributed by atoms with E-state index in [4.69, 9.17) is 5.11 Å². The Bertz CT molecular complexity index is 288. The summed E-state index contributed by atoms with van der Waals surface area (Å²) in [6.07, 6.45) is 8.26. The lowest BCUT2D eigenvalue weighted by Gasteiger charge is -2.23. The monoisotopic (exact) mass is 270 g/mol. The van der Waals surface area contributed by atoms with Gasteiger partial charge in [0.15, 0.2) is 0 Å². The fourth-order valence-electron chi connectivity index (χ4n) is 2.66. The van der Waals surface area contributed by atoms with Crippen molar-refractivity contribution in [3.63, 3.8) is 0 Å². The molecule has 1 saturated carbocycles. The Morgan fingerprint density at radius 1 is 1.26 bits per heavy atom. The third-order valence-electron chi connectivity index (χ3n) is 3.66. The Morgan fingerprint density at radius 2 is 1.95 bits per heavy atom. The normalized spacial score (nSPS) is 16.1. The van der Waals surface area contributed by atoms with E-state index in [2.05, 4.69) is 5.32 Å². The van der Waals surface area contributed by atoms with Crippen LogP contribution < -0.4 is 5.32 Å². The van der Waals surface area contributed by atoms with Gasteiger partial charge in [0, 0.05) is 13.1 Å². The fraction of sp³-hybridized carbons (Fsp3) is 0.857. The van der Waals surface area contributed by atoms with Gasteiger partial charge >= 0.3 is 12.0 Å². The number of carboxylic acids is 1. The molecule has 0 saturated heterocycles. The van der Waals surface area contributed by atoms with Crippen LogP contribution in [0.25, 0.3) is 0 Å². The zero-order chi connectivity index (χ0) is 14.1. The van der Waals surface area contributed by atoms with Gasteiger partial charge in [0.25, 0.3) is 0 Å². The number of amides is 2. The van der Waals surface area contributed by atoms with Gasteiger partial charge in [-0.25, -0.2) is 4.79 Å². The standard InChI is InChI=1S/C14H26N2O3/c1-2-10-16(11-13(17)18)14(19)15-9-8-12-6-4-3-5-7-12/h12H,2-11H2,1H3,(H,15,19)(H,17,18). The van der Waals surface area contributed by atoms with Crippen molar-refractivity contribution < 1.29 is 14.7 Å². The van der Waals surface area contributed by atoms with Gasteiger partial charge in [-0.15, -0.1) is 0 Å². The lowest BCUT2D eigenvalue weighted by atomic mass is 9.87. The van der Waals surface area contributed by atoms with E-state index < -0.39 is 5.97 Å². The lowest BCUT2D eigenvalue weighted by Crippen LogP contribution is -2.43. The summed E-state index contributed by atoms with van der Waals surface area (Å²) >= 11 is 0. The Labute approximate surface area is 115 Å². The van der Waals surface area contributed by atoms with E-state index in [0.29, 0.717) is 13.1 Å². The van der Waals surface area contributed by atoms with Gasteiger partial charge in [-0.2, -0.15) is 0 Å². The van der Waals surface area contributed by atoms with E-state index in [1.54, 1.807) is 0 Å². The highest BCUT2D eigenvalue weighted by Crippen LogP contribution is 2.25. The summed E-state index contributed by atoms with van der Waals surface area (Å²) in [5.74, 6) is -0.232. The predicted molar refractivity (Wildman–Crippen MR) is 74.1 cm³/mol. The topological polar surface area (TPSA) is 69.6 Å². The van der Waals surface area contributed by atoms with Gasteiger partial charge in [-0.1, -0.05) is 39.0 Å². The molecule has 0 spiro atoms. The molecule has 0 radical (unpaired) electrons. The third-order valence-corrected chi connectivity index (χ3v) is 3.66. The molecule has 110 valence electrons. The van der Waals surface area contributed by atoms with E-state index in [9.17, 15) is 9.59 Å². The molecule has 0 aliphatic heterocycles. The first-order chi connectivity index (χ1) is 9.13. The number of nitrogens with zero attached hydrogens (tertiary/aromatic N) is 1. The summed E-state index contributed by atoms with van der Waals surface area (Å²) in [7, 11) is 0. The molecule has 1 rings (SSSR count). The van der Waals surface area contributed by atoms with Gasteiger partial charge in [0.2, 0.25) is 0 Å². The molecule has 1 aliphatic rings. The van der Waals surface area contributed by atoms with E-state index in [1.165, 1.54) is 37.0 Å². The molecule has 1 aliphatic carbocycles. The zero-order valence-corrected chi connectivity index (χ0v) is 11.9. The Hall–Kier alpha value is -1.26. The van der Waals surface area contributed by atoms with Crippen molar-refractivity contribution in [1.82, 2.24) is 10.2 Å². The Morgan fingerprint density at radius 3 is 2.53 bits per heavy atom. The average Bonchev–Trinajstić information content (AvgIpc) is 2.39. The number of hydrogen-bond donors (Lipinski definition) is 2. The molecule has 0 unspecified atom stereocenters. The molecule has 0 atom stereocenters. The van der Waals surface area contributed by atoms with E-state index in [-0.39, 0.29) is 12.6 Å². The van der Waals surface area contributed by atoms with Crippen LogP contribution in [0.1, 0.15) is 51.9 Å². The molecule has 2 amide bonds. The number of rotatable bonds is 7. The summed E-state index contributed by atoms with van der Waals surface area (Å²) in [6.45, 7) is 2.86. The van der Waals surface area contributed by atoms with Gasteiger partial charge in [0.05, 0.1) is 0 Å². The lowest BCUT2D eigenvalue weighted by molar-refractivity contribution is -0.137. The molecular formula is C14H26N2O3. The molecule has 0 aromatic rings. The molecule has 5 heteroatoms. The van der Waals surface area contributed by atoms with Crippen molar-refractivity contribution in [1.29, 1.82) is 0 Å². The largest absolute Gasteiger partial charge is 0.480 e. The average molecular weight is 270 g/mol. The molecule has 0 aromatic heterocycles. The molecule has 0 heterocycles. The second-order valence-corrected chi connectivity index (χ2v) is 5.34. The van der Waals surface area contributed by atoms with Crippen LogP contribution in [0.5, 0.6) is 0 Å². The van der Waals surface area contributed by atoms with Crippen molar-refractivity contribution in [2.24, 2.45) is 5.92 Å². The highest BCUT2D eigenvalue weighted by Gasteiger charge is 2.17. The van der Waals surface area contributed by atoms with Crippen LogP contribution >= 0.6 is 0 Å². The van der Waals surface area contributed by atoms with Crippen LogP contribution in [0.2, 0.25) is 0 Å². The van der Waals surface area contributed by atoms with Crippen molar-refractivity contribution in [2.75, 3.05) is 19.6 Å². The van der Waals surface area contributed by atoms with E-state index in [0.717, 1.165) is 18.8 Å². The quantitative estimate of drug-likeness (QED) is 0.746. The SMILES string of the molecule is CCCN(CC(=O)O)C(=O)NCCC1CCCCC1. The first kappa shape index (κ1) is 15.8. The summed E-state index contributed by atoms with van der Waals surface area (Å²) in [6, 6.07) is -0.250. The van der Waals surface area contributed by atoms with Crippen LogP contribution in [0.4, 0.5) is 4.79 Å². The van der Waals surface area contributed by atoms with Crippen LogP contribution in [-0.4, -0.2) is 41.6 Å². The maximum absolute atomic E-state index is 11.9. The second-order valence-electron chi connectivity index (χ2n) is 5.34. The van der Waals surface area contributed by atoms with Gasteiger partial charge < -0.3 is 15.3 Å². The fourth-order valence-corrected chi connectivity index (χ4v) is 2.66. The first-order valence-corrected chi connectivity index (χ1v) is 7.38. The zero-order valence-electron chi connectivity index (χ0n) is 11.9. The maximum atomic E-state index is 11.9. The predicted octanol–water partition coefficient (Wildman–Crippen LogP) is 2.46. The highest BCUT2D eigenvalue weighted by molar-refractivity contribution is 5.80. The summed E-state index contributed by atoms with van der Waals surface area (Å²) < 4.78 is 0. The molecular weight excluding hydrogens is 244 g/mol. The second kappa shape index (κ2) is 8.77. The number of carboxylic acid groups (broad SMARTS) is 1. The summed E-state index contributed by atoms with van der Waals surface area (Å²) in [4.78, 5) is 23.9. The number of urea groups is 1. The van der Waals surface area contributed by atoms with Crippen molar-refractivity contribution in [3.8, 4) is 0 Å². The number of nitrogens with one attached hydrogen (secondary N) is 1. The molecule has 5 nitrogen and oxygen atoms in total. The van der Waals surface area contributed by atoms with Gasteiger partial charge in [-0.3, -0.25) is 4.79 Å². The molecule has 0 bridgehead atoms. The van der Waals surface area contributed by atoms with Crippen LogP contribution in [0, 0.1) is 5.92 Å². The van der Waals surface area contributed by atoms with Crippen molar-refractivity contribution in [3.05, 3.63) is 0 Å². The number of hydrogen-bond acceptors (Lipinski definition) is 2. The minimum absolute atomic E-state index is 0.219. The highest BCUT2D eigenvalue weighted by atomic mass is 16.4. The molecule has 2 N–H and O–H groups in total. The summed E-state index contributed by atoms with van der Waals surface area (Å²) in [5.41, 5.74) is 0. The van der Waals surface area contributed by atoms with Gasteiger partial charge in [0.1, 0.15) is 6.54 Å². The molecule has 19 heavy (non-hydrogen) atoms. The smallest absolute Gasteiger partial charge is 0.323 e. The third kappa shape index (κ3) is 6.45. The van der Waals surface area contributed by atoms with E-state index >= 15 is 0 Å². The van der Waals surface area contributed by atoms with Crippen molar-refractivity contribution >= 4 is 12.0 Å². The Balaban J connectivity index is 2.24. The molecule has 0 aromatic carbocycles. The minimum atomic E-state index is -0.962. The van der Waals surface area contributed by atoms with Crippen molar-refractivity contribution in [2.45, 2.75) is 51.9 Å².